The van der Waals surface area contributed by atoms with Gasteiger partial charge in [-0.3, -0.25) is 14.6 Å². The highest BCUT2D eigenvalue weighted by Gasteiger charge is 2.11. The van der Waals surface area contributed by atoms with Gasteiger partial charge in [-0.15, -0.1) is 0 Å². The minimum absolute atomic E-state index is 0.0212. The number of hydrogen-bond donors (Lipinski definition) is 1. The minimum atomic E-state index is -0.346. The van der Waals surface area contributed by atoms with E-state index >= 15 is 0 Å². The fourth-order valence-electron chi connectivity index (χ4n) is 2.24. The molecule has 0 atom stereocenters. The Balaban J connectivity index is 1.59. The number of nitrogens with one attached hydrogen (secondary N) is 1. The van der Waals surface area contributed by atoms with Crippen LogP contribution in [0.3, 0.4) is 0 Å². The number of hydrogen-bond acceptors (Lipinski definition) is 6. The zero-order chi connectivity index (χ0) is 19.1. The van der Waals surface area contributed by atoms with Crippen LogP contribution in [0.2, 0.25) is 0 Å². The molecule has 2 aromatic heterocycles. The Morgan fingerprint density at radius 1 is 1.04 bits per heavy atom. The summed E-state index contributed by atoms with van der Waals surface area (Å²) in [6.45, 7) is 1.49. The summed E-state index contributed by atoms with van der Waals surface area (Å²) in [5.41, 5.74) is 3.73. The number of pyridine rings is 2. The van der Waals surface area contributed by atoms with Gasteiger partial charge in [0.05, 0.1) is 12.6 Å². The number of carbonyl (C=O) groups excluding carboxylic acids is 2. The molecule has 1 N–H and O–H groups in total. The molecule has 3 rings (SSSR count). The molecule has 136 valence electrons. The predicted octanol–water partition coefficient (Wildman–Crippen LogP) is 3.12. The lowest BCUT2D eigenvalue weighted by atomic mass is 10.1. The van der Waals surface area contributed by atoms with Gasteiger partial charge >= 0.3 is 0 Å². The molecule has 0 bridgehead atoms. The van der Waals surface area contributed by atoms with Crippen LogP contribution in [0.25, 0.3) is 0 Å². The fourth-order valence-corrected chi connectivity index (χ4v) is 2.24. The number of carbonyl (C=O) groups is 2. The van der Waals surface area contributed by atoms with E-state index in [1.54, 1.807) is 67.1 Å². The number of ketones is 1. The maximum absolute atomic E-state index is 12.1. The van der Waals surface area contributed by atoms with Crippen molar-refractivity contribution in [1.82, 2.24) is 15.4 Å². The van der Waals surface area contributed by atoms with E-state index in [0.717, 1.165) is 5.56 Å². The van der Waals surface area contributed by atoms with Crippen LogP contribution in [0, 0.1) is 0 Å². The molecule has 7 heteroatoms. The van der Waals surface area contributed by atoms with Crippen molar-refractivity contribution >= 4 is 11.7 Å². The number of aromatic nitrogens is 2. The number of rotatable bonds is 7. The van der Waals surface area contributed by atoms with E-state index < -0.39 is 0 Å². The quantitative estimate of drug-likeness (QED) is 0.512. The van der Waals surface area contributed by atoms with Crippen LogP contribution in [-0.4, -0.2) is 21.7 Å². The summed E-state index contributed by atoms with van der Waals surface area (Å²) in [6, 6.07) is 13.6. The monoisotopic (exact) mass is 363 g/mol. The van der Waals surface area contributed by atoms with Gasteiger partial charge in [-0.05, 0) is 36.8 Å². The van der Waals surface area contributed by atoms with Crippen molar-refractivity contribution < 1.29 is 19.2 Å². The van der Waals surface area contributed by atoms with Crippen LogP contribution in [0.1, 0.15) is 22.8 Å². The maximum Gasteiger partial charge on any atom is 0.265 e. The Hall–Kier alpha value is -3.74. The average molecular weight is 363 g/mol. The summed E-state index contributed by atoms with van der Waals surface area (Å²) in [4.78, 5) is 36.8. The molecular weight excluding hydrogens is 346 g/mol. The van der Waals surface area contributed by atoms with E-state index in [1.807, 2.05) is 0 Å². The lowest BCUT2D eigenvalue weighted by Crippen LogP contribution is -2.28. The zero-order valence-corrected chi connectivity index (χ0v) is 14.6. The number of nitrogens with zero attached hydrogens (tertiary/aromatic N) is 2. The molecule has 0 aliphatic rings. The Morgan fingerprint density at radius 2 is 1.81 bits per heavy atom. The van der Waals surface area contributed by atoms with Crippen LogP contribution in [-0.2, 0) is 11.2 Å². The normalized spacial score (nSPS) is 10.1. The molecule has 1 aromatic carbocycles. The Labute approximate surface area is 155 Å². The molecule has 1 amide bonds. The largest absolute Gasteiger partial charge is 0.434 e. The molecule has 3 aromatic rings. The molecule has 0 aliphatic heterocycles. The van der Waals surface area contributed by atoms with E-state index in [9.17, 15) is 9.59 Å². The molecule has 27 heavy (non-hydrogen) atoms. The predicted molar refractivity (Wildman–Crippen MR) is 97.5 cm³/mol. The first kappa shape index (κ1) is 18.1. The molecule has 0 saturated carbocycles. The molecule has 0 saturated heterocycles. The lowest BCUT2D eigenvalue weighted by Gasteiger charge is -2.11. The zero-order valence-electron chi connectivity index (χ0n) is 14.6. The summed E-state index contributed by atoms with van der Waals surface area (Å²) < 4.78 is 5.61. The van der Waals surface area contributed by atoms with E-state index in [0.29, 0.717) is 11.3 Å². The van der Waals surface area contributed by atoms with Crippen molar-refractivity contribution in [3.8, 4) is 17.4 Å². The van der Waals surface area contributed by atoms with Crippen LogP contribution >= 0.6 is 0 Å². The van der Waals surface area contributed by atoms with Gasteiger partial charge in [0.1, 0.15) is 5.75 Å². The van der Waals surface area contributed by atoms with Crippen LogP contribution in [0.5, 0.6) is 17.4 Å². The lowest BCUT2D eigenvalue weighted by molar-refractivity contribution is -0.127. The third-order valence-electron chi connectivity index (χ3n) is 3.59. The number of hydroxylamine groups is 1. The topological polar surface area (TPSA) is 90.4 Å². The SMILES string of the molecule is CC(=O)c1ccc(CC(=O)NOc2cccnc2Oc2cccnc2)cc1. The summed E-state index contributed by atoms with van der Waals surface area (Å²) in [5, 5.41) is 0. The highest BCUT2D eigenvalue weighted by molar-refractivity contribution is 5.94. The first-order valence-corrected chi connectivity index (χ1v) is 8.20. The van der Waals surface area contributed by atoms with E-state index in [-0.39, 0.29) is 29.7 Å². The summed E-state index contributed by atoms with van der Waals surface area (Å²) in [5.74, 6) is 0.602. The second kappa shape index (κ2) is 8.57. The van der Waals surface area contributed by atoms with Crippen molar-refractivity contribution in [3.05, 3.63) is 78.2 Å². The van der Waals surface area contributed by atoms with Crippen molar-refractivity contribution in [1.29, 1.82) is 0 Å². The Morgan fingerprint density at radius 3 is 2.52 bits per heavy atom. The number of benzene rings is 1. The molecule has 0 aliphatic carbocycles. The van der Waals surface area contributed by atoms with Gasteiger partial charge in [0.2, 0.25) is 5.75 Å². The van der Waals surface area contributed by atoms with Gasteiger partial charge in [0, 0.05) is 18.0 Å². The van der Waals surface area contributed by atoms with Crippen molar-refractivity contribution in [2.45, 2.75) is 13.3 Å². The third-order valence-corrected chi connectivity index (χ3v) is 3.59. The molecule has 0 spiro atoms. The first-order valence-electron chi connectivity index (χ1n) is 8.20. The van der Waals surface area contributed by atoms with E-state index in [2.05, 4.69) is 15.4 Å². The third kappa shape index (κ3) is 5.12. The van der Waals surface area contributed by atoms with Crippen LogP contribution in [0.15, 0.2) is 67.1 Å². The number of Topliss-reactive ketones (excluding diaryl/α,β-unsaturated/α-hetero) is 1. The van der Waals surface area contributed by atoms with Gasteiger partial charge in [-0.25, -0.2) is 4.98 Å². The average Bonchev–Trinajstić information content (AvgIpc) is 2.68. The number of ether oxygens (including phenoxy) is 1. The van der Waals surface area contributed by atoms with Gasteiger partial charge in [-0.1, -0.05) is 24.3 Å². The molecule has 0 fully saturated rings. The van der Waals surface area contributed by atoms with E-state index in [1.165, 1.54) is 6.92 Å². The van der Waals surface area contributed by atoms with Crippen molar-refractivity contribution in [2.75, 3.05) is 0 Å². The first-order chi connectivity index (χ1) is 13.1. The molecule has 2 heterocycles. The van der Waals surface area contributed by atoms with Crippen molar-refractivity contribution in [2.24, 2.45) is 0 Å². The number of amides is 1. The standard InChI is InChI=1S/C20H17N3O4/c1-14(24)16-8-6-15(7-9-16)12-19(25)23-27-18-5-3-11-22-20(18)26-17-4-2-10-21-13-17/h2-11,13H,12H2,1H3,(H,23,25). The van der Waals surface area contributed by atoms with Gasteiger partial charge in [-0.2, -0.15) is 5.48 Å². The molecule has 0 radical (unpaired) electrons. The second-order valence-corrected chi connectivity index (χ2v) is 5.65. The molecule has 7 nitrogen and oxygen atoms in total. The van der Waals surface area contributed by atoms with Gasteiger partial charge < -0.3 is 9.57 Å². The van der Waals surface area contributed by atoms with E-state index in [4.69, 9.17) is 9.57 Å². The van der Waals surface area contributed by atoms with Crippen LogP contribution < -0.4 is 15.1 Å². The molecule has 0 unspecified atom stereocenters. The summed E-state index contributed by atoms with van der Waals surface area (Å²) in [7, 11) is 0. The highest BCUT2D eigenvalue weighted by atomic mass is 16.7. The Kier molecular flexibility index (Phi) is 5.73. The summed E-state index contributed by atoms with van der Waals surface area (Å²) >= 11 is 0. The molecular formula is C20H17N3O4. The fraction of sp³-hybridized carbons (Fsp3) is 0.100. The Bertz CT molecular complexity index is 927. The summed E-state index contributed by atoms with van der Waals surface area (Å²) in [6.07, 6.45) is 4.84. The smallest absolute Gasteiger partial charge is 0.265 e. The highest BCUT2D eigenvalue weighted by Crippen LogP contribution is 2.27. The maximum atomic E-state index is 12.1. The minimum Gasteiger partial charge on any atom is -0.434 e. The van der Waals surface area contributed by atoms with Gasteiger partial charge in [0.25, 0.3) is 11.8 Å². The second-order valence-electron chi connectivity index (χ2n) is 5.65. The van der Waals surface area contributed by atoms with Crippen molar-refractivity contribution in [3.63, 3.8) is 0 Å². The van der Waals surface area contributed by atoms with Gasteiger partial charge in [0.15, 0.2) is 5.78 Å². The van der Waals surface area contributed by atoms with Crippen LogP contribution in [0.4, 0.5) is 0 Å².